The average molecular weight is 252 g/mol. The third-order valence-corrected chi connectivity index (χ3v) is 3.39. The number of aromatic nitrogens is 2. The van der Waals surface area contributed by atoms with Gasteiger partial charge in [0, 0.05) is 0 Å². The highest BCUT2D eigenvalue weighted by molar-refractivity contribution is 5.81. The Morgan fingerprint density at radius 3 is 3.11 bits per heavy atom. The second-order valence-electron chi connectivity index (χ2n) is 4.76. The van der Waals surface area contributed by atoms with Gasteiger partial charge in [-0.1, -0.05) is 18.5 Å². The molecule has 1 saturated heterocycles. The molecule has 2 heterocycles. The fraction of sp³-hybridized carbons (Fsp3) is 0.750. The van der Waals surface area contributed by atoms with E-state index in [0.29, 0.717) is 24.2 Å². The summed E-state index contributed by atoms with van der Waals surface area (Å²) in [7, 11) is 0. The molecule has 0 saturated carbocycles. The summed E-state index contributed by atoms with van der Waals surface area (Å²) in [6, 6.07) is -0.0901. The first-order valence-electron chi connectivity index (χ1n) is 6.49. The van der Waals surface area contributed by atoms with Crippen molar-refractivity contribution in [2.45, 2.75) is 45.7 Å². The van der Waals surface area contributed by atoms with E-state index in [2.05, 4.69) is 27.7 Å². The number of hydrogen-bond acceptors (Lipinski definition) is 5. The van der Waals surface area contributed by atoms with Crippen LogP contribution < -0.4 is 10.6 Å². The summed E-state index contributed by atoms with van der Waals surface area (Å²) < 4.78 is 4.95. The van der Waals surface area contributed by atoms with Gasteiger partial charge in [0.25, 0.3) is 0 Å². The standard InChI is InChI=1S/C12H20N4O2/c1-3-9-4-5-13-10(6-9)12(17)14-7-11-15-8(2)16-18-11/h9-10,13H,3-7H2,1-2H3,(H,14,17). The number of aryl methyl sites for hydroxylation is 1. The zero-order valence-corrected chi connectivity index (χ0v) is 10.9. The molecule has 2 rings (SSSR count). The average Bonchev–Trinajstić information content (AvgIpc) is 2.82. The van der Waals surface area contributed by atoms with Gasteiger partial charge < -0.3 is 15.2 Å². The molecule has 1 aliphatic heterocycles. The van der Waals surface area contributed by atoms with Crippen molar-refractivity contribution in [3.63, 3.8) is 0 Å². The lowest BCUT2D eigenvalue weighted by molar-refractivity contribution is -0.124. The fourth-order valence-corrected chi connectivity index (χ4v) is 2.26. The Morgan fingerprint density at radius 1 is 1.61 bits per heavy atom. The van der Waals surface area contributed by atoms with Gasteiger partial charge in [-0.25, -0.2) is 0 Å². The van der Waals surface area contributed by atoms with E-state index < -0.39 is 0 Å². The van der Waals surface area contributed by atoms with Crippen LogP contribution in [0.15, 0.2) is 4.52 Å². The van der Waals surface area contributed by atoms with Gasteiger partial charge in [-0.15, -0.1) is 0 Å². The molecule has 2 atom stereocenters. The third-order valence-electron chi connectivity index (χ3n) is 3.39. The Labute approximate surface area is 107 Å². The molecule has 100 valence electrons. The van der Waals surface area contributed by atoms with E-state index in [1.165, 1.54) is 0 Å². The van der Waals surface area contributed by atoms with Gasteiger partial charge in [0.15, 0.2) is 5.82 Å². The molecule has 6 nitrogen and oxygen atoms in total. The van der Waals surface area contributed by atoms with Gasteiger partial charge in [0.1, 0.15) is 0 Å². The van der Waals surface area contributed by atoms with Crippen LogP contribution in [-0.4, -0.2) is 28.6 Å². The summed E-state index contributed by atoms with van der Waals surface area (Å²) in [5.74, 6) is 1.70. The first-order valence-corrected chi connectivity index (χ1v) is 6.49. The van der Waals surface area contributed by atoms with Crippen molar-refractivity contribution in [1.82, 2.24) is 20.8 Å². The lowest BCUT2D eigenvalue weighted by atomic mass is 9.90. The number of rotatable bonds is 4. The second kappa shape index (κ2) is 5.95. The van der Waals surface area contributed by atoms with Gasteiger partial charge >= 0.3 is 0 Å². The molecule has 1 aliphatic rings. The molecule has 0 radical (unpaired) electrons. The van der Waals surface area contributed by atoms with Crippen molar-refractivity contribution >= 4 is 5.91 Å². The van der Waals surface area contributed by atoms with Crippen LogP contribution in [0.5, 0.6) is 0 Å². The number of nitrogens with one attached hydrogen (secondary N) is 2. The van der Waals surface area contributed by atoms with Crippen molar-refractivity contribution in [3.8, 4) is 0 Å². The lowest BCUT2D eigenvalue weighted by Gasteiger charge is -2.28. The van der Waals surface area contributed by atoms with Crippen molar-refractivity contribution in [3.05, 3.63) is 11.7 Å². The summed E-state index contributed by atoms with van der Waals surface area (Å²) in [6.45, 7) is 5.14. The number of piperidine rings is 1. The van der Waals surface area contributed by atoms with E-state index in [1.807, 2.05) is 0 Å². The fourth-order valence-electron chi connectivity index (χ4n) is 2.26. The maximum atomic E-state index is 12.0. The SMILES string of the molecule is CCC1CCNC(C(=O)NCc2nc(C)no2)C1. The topological polar surface area (TPSA) is 80.0 Å². The summed E-state index contributed by atoms with van der Waals surface area (Å²) in [5.41, 5.74) is 0. The van der Waals surface area contributed by atoms with Crippen LogP contribution in [0.25, 0.3) is 0 Å². The predicted molar refractivity (Wildman–Crippen MR) is 65.7 cm³/mol. The van der Waals surface area contributed by atoms with Crippen LogP contribution in [0, 0.1) is 12.8 Å². The zero-order chi connectivity index (χ0) is 13.0. The van der Waals surface area contributed by atoms with Crippen molar-refractivity contribution in [1.29, 1.82) is 0 Å². The van der Waals surface area contributed by atoms with E-state index >= 15 is 0 Å². The maximum absolute atomic E-state index is 12.0. The summed E-state index contributed by atoms with van der Waals surface area (Å²) in [6.07, 6.45) is 3.20. The van der Waals surface area contributed by atoms with Crippen LogP contribution in [0.3, 0.4) is 0 Å². The Hall–Kier alpha value is -1.43. The molecule has 2 N–H and O–H groups in total. The highest BCUT2D eigenvalue weighted by Crippen LogP contribution is 2.19. The Balaban J connectivity index is 1.80. The monoisotopic (exact) mass is 252 g/mol. The van der Waals surface area contributed by atoms with Crippen molar-refractivity contribution in [2.75, 3.05) is 6.54 Å². The van der Waals surface area contributed by atoms with E-state index in [1.54, 1.807) is 6.92 Å². The molecule has 1 amide bonds. The number of amides is 1. The van der Waals surface area contributed by atoms with Crippen LogP contribution in [0.4, 0.5) is 0 Å². The molecule has 0 aromatic carbocycles. The Morgan fingerprint density at radius 2 is 2.44 bits per heavy atom. The van der Waals surface area contributed by atoms with Crippen LogP contribution in [-0.2, 0) is 11.3 Å². The second-order valence-corrected chi connectivity index (χ2v) is 4.76. The highest BCUT2D eigenvalue weighted by Gasteiger charge is 2.25. The summed E-state index contributed by atoms with van der Waals surface area (Å²) in [5, 5.41) is 9.75. The molecule has 18 heavy (non-hydrogen) atoms. The Bertz CT molecular complexity index is 405. The molecule has 1 fully saturated rings. The minimum absolute atomic E-state index is 0.0176. The Kier molecular flexibility index (Phi) is 4.30. The molecule has 1 aromatic heterocycles. The van der Waals surface area contributed by atoms with Gasteiger partial charge in [-0.2, -0.15) is 4.98 Å². The molecule has 0 bridgehead atoms. The lowest BCUT2D eigenvalue weighted by Crippen LogP contribution is -2.48. The highest BCUT2D eigenvalue weighted by atomic mass is 16.5. The molecule has 1 aromatic rings. The van der Waals surface area contributed by atoms with Gasteiger partial charge in [0.05, 0.1) is 12.6 Å². The van der Waals surface area contributed by atoms with E-state index in [9.17, 15) is 4.79 Å². The normalized spacial score (nSPS) is 23.9. The third kappa shape index (κ3) is 3.29. The molecule has 0 spiro atoms. The minimum atomic E-state index is -0.0901. The number of carbonyl (C=O) groups excluding carboxylic acids is 1. The first-order chi connectivity index (χ1) is 8.69. The van der Waals surface area contributed by atoms with Gasteiger partial charge in [0.2, 0.25) is 11.8 Å². The largest absolute Gasteiger partial charge is 0.346 e. The number of hydrogen-bond donors (Lipinski definition) is 2. The van der Waals surface area contributed by atoms with E-state index in [-0.39, 0.29) is 11.9 Å². The molecule has 2 unspecified atom stereocenters. The minimum Gasteiger partial charge on any atom is -0.346 e. The van der Waals surface area contributed by atoms with Crippen molar-refractivity contribution < 1.29 is 9.32 Å². The van der Waals surface area contributed by atoms with E-state index in [4.69, 9.17) is 4.52 Å². The predicted octanol–water partition coefficient (Wildman–Crippen LogP) is 0.772. The molecular weight excluding hydrogens is 232 g/mol. The summed E-state index contributed by atoms with van der Waals surface area (Å²) in [4.78, 5) is 16.0. The number of nitrogens with zero attached hydrogens (tertiary/aromatic N) is 2. The van der Waals surface area contributed by atoms with Crippen LogP contribution in [0.1, 0.15) is 37.9 Å². The molecule has 6 heteroatoms. The van der Waals surface area contributed by atoms with Crippen LogP contribution in [0.2, 0.25) is 0 Å². The van der Waals surface area contributed by atoms with Crippen LogP contribution >= 0.6 is 0 Å². The van der Waals surface area contributed by atoms with Gasteiger partial charge in [-0.05, 0) is 32.2 Å². The summed E-state index contributed by atoms with van der Waals surface area (Å²) >= 11 is 0. The van der Waals surface area contributed by atoms with Gasteiger partial charge in [-0.3, -0.25) is 4.79 Å². The molecular formula is C12H20N4O2. The quantitative estimate of drug-likeness (QED) is 0.827. The first kappa shape index (κ1) is 13.0. The maximum Gasteiger partial charge on any atom is 0.246 e. The number of carbonyl (C=O) groups is 1. The smallest absolute Gasteiger partial charge is 0.246 e. The van der Waals surface area contributed by atoms with Crippen molar-refractivity contribution in [2.24, 2.45) is 5.92 Å². The zero-order valence-electron chi connectivity index (χ0n) is 10.9. The van der Waals surface area contributed by atoms with E-state index in [0.717, 1.165) is 25.8 Å². The molecule has 0 aliphatic carbocycles.